The Hall–Kier alpha value is -1.37. The van der Waals surface area contributed by atoms with E-state index >= 15 is 0 Å². The van der Waals surface area contributed by atoms with Crippen LogP contribution < -0.4 is 5.32 Å². The molecular formula is C25H34ClN3O4S4. The second-order valence-corrected chi connectivity index (χ2v) is 9.57. The van der Waals surface area contributed by atoms with E-state index in [2.05, 4.69) is 10.3 Å². The molecule has 1 aromatic heterocycles. The number of aromatic nitrogens is 1. The van der Waals surface area contributed by atoms with Crippen molar-refractivity contribution >= 4 is 83.2 Å². The second-order valence-electron chi connectivity index (χ2n) is 9.01. The van der Waals surface area contributed by atoms with Gasteiger partial charge in [0.15, 0.2) is 5.78 Å². The molecule has 7 nitrogen and oxygen atoms in total. The smallest absolute Gasteiger partial charge is 0.251 e. The van der Waals surface area contributed by atoms with Gasteiger partial charge in [-0.25, -0.2) is 0 Å². The number of likely N-dealkylation sites (tertiary alicyclic amines) is 1. The summed E-state index contributed by atoms with van der Waals surface area (Å²) >= 11 is 6.40. The minimum atomic E-state index is -0.696. The Labute approximate surface area is 250 Å². The maximum absolute atomic E-state index is 13.7. The third-order valence-corrected chi connectivity index (χ3v) is 7.34. The van der Waals surface area contributed by atoms with E-state index in [0.717, 1.165) is 36.8 Å². The third-order valence-electron chi connectivity index (χ3n) is 6.95. The van der Waals surface area contributed by atoms with E-state index in [1.807, 2.05) is 24.3 Å². The second kappa shape index (κ2) is 14.7. The lowest BCUT2D eigenvalue weighted by atomic mass is 9.95. The van der Waals surface area contributed by atoms with Crippen LogP contribution in [0.4, 0.5) is 0 Å². The highest BCUT2D eigenvalue weighted by Gasteiger charge is 2.53. The largest absolute Gasteiger partial charge is 0.366 e. The Morgan fingerprint density at radius 1 is 1.05 bits per heavy atom. The van der Waals surface area contributed by atoms with E-state index in [9.17, 15) is 14.4 Å². The van der Waals surface area contributed by atoms with Crippen molar-refractivity contribution in [3.63, 3.8) is 0 Å². The molecule has 2 aromatic rings. The van der Waals surface area contributed by atoms with Crippen LogP contribution in [0, 0.1) is 5.92 Å². The summed E-state index contributed by atoms with van der Waals surface area (Å²) in [5.74, 6) is -0.640. The molecule has 1 aliphatic carbocycles. The molecular weight excluding hydrogens is 570 g/mol. The molecule has 204 valence electrons. The van der Waals surface area contributed by atoms with Crippen LogP contribution in [0.2, 0.25) is 0 Å². The summed E-state index contributed by atoms with van der Waals surface area (Å²) in [7, 11) is 0. The van der Waals surface area contributed by atoms with Crippen molar-refractivity contribution in [2.45, 2.75) is 49.2 Å². The molecule has 3 aliphatic rings. The molecule has 1 aromatic carbocycles. The van der Waals surface area contributed by atoms with Crippen molar-refractivity contribution < 1.29 is 19.1 Å². The molecule has 5 rings (SSSR count). The summed E-state index contributed by atoms with van der Waals surface area (Å²) in [5.41, 5.74) is 2.26. The first-order chi connectivity index (χ1) is 16.0. The molecule has 4 atom stereocenters. The Morgan fingerprint density at radius 2 is 1.76 bits per heavy atom. The van der Waals surface area contributed by atoms with Gasteiger partial charge in [0.2, 0.25) is 5.91 Å². The van der Waals surface area contributed by atoms with Gasteiger partial charge >= 0.3 is 0 Å². The van der Waals surface area contributed by atoms with E-state index in [1.165, 1.54) is 4.90 Å². The molecule has 12 heteroatoms. The van der Waals surface area contributed by atoms with Gasteiger partial charge in [0.1, 0.15) is 24.8 Å². The molecule has 0 bridgehead atoms. The van der Waals surface area contributed by atoms with Crippen molar-refractivity contribution in [1.29, 1.82) is 0 Å². The Bertz CT molecular complexity index is 1070. The number of pyridine rings is 1. The zero-order valence-corrected chi connectivity index (χ0v) is 24.9. The highest BCUT2D eigenvalue weighted by molar-refractivity contribution is 7.59. The van der Waals surface area contributed by atoms with Gasteiger partial charge in [-0.15, -0.1) is 11.6 Å². The standard InChI is InChI=1S/C25H26ClN3O4.4H2S/c26-19-13-29(22-20(30)14-33-23(19)22)25(32)21(15-5-1-2-6-15)28-24(31)17-8-3-7-16(11-17)18-9-4-10-27-12-18;;;;/h3-4,7-12,15,19,21-23H,1-2,5-6,13-14H2,(H,28,31);4*1H2/t19-,21-,22+,23+;;;;/m0..../s1. The Balaban J connectivity index is 0.00000171. The molecule has 1 saturated carbocycles. The Morgan fingerprint density at radius 3 is 2.43 bits per heavy atom. The Kier molecular flexibility index (Phi) is 13.4. The molecule has 2 amide bonds. The molecule has 3 fully saturated rings. The summed E-state index contributed by atoms with van der Waals surface area (Å²) in [4.78, 5) is 45.0. The molecule has 37 heavy (non-hydrogen) atoms. The number of hydrogen-bond acceptors (Lipinski definition) is 5. The molecule has 2 saturated heterocycles. The summed E-state index contributed by atoms with van der Waals surface area (Å²) < 4.78 is 5.52. The topological polar surface area (TPSA) is 88.6 Å². The molecule has 2 aliphatic heterocycles. The fourth-order valence-electron chi connectivity index (χ4n) is 5.27. The van der Waals surface area contributed by atoms with E-state index < -0.39 is 23.6 Å². The third kappa shape index (κ3) is 6.99. The van der Waals surface area contributed by atoms with Gasteiger partial charge in [-0.3, -0.25) is 19.4 Å². The van der Waals surface area contributed by atoms with Crippen LogP contribution in [0.3, 0.4) is 0 Å². The van der Waals surface area contributed by atoms with Crippen LogP contribution in [0.5, 0.6) is 0 Å². The van der Waals surface area contributed by atoms with Gasteiger partial charge in [-0.05, 0) is 42.5 Å². The van der Waals surface area contributed by atoms with Crippen molar-refractivity contribution in [3.05, 3.63) is 54.4 Å². The number of Topliss-reactive ketones (excluding diaryl/α,β-unsaturated/α-hetero) is 1. The highest BCUT2D eigenvalue weighted by Crippen LogP contribution is 2.34. The van der Waals surface area contributed by atoms with Crippen molar-refractivity contribution in [2.75, 3.05) is 13.2 Å². The number of carbonyl (C=O) groups is 3. The number of ketones is 1. The fourth-order valence-corrected chi connectivity index (χ4v) is 5.63. The first kappa shape index (κ1) is 33.7. The van der Waals surface area contributed by atoms with Gasteiger partial charge in [-0.1, -0.05) is 31.0 Å². The molecule has 1 N–H and O–H groups in total. The number of rotatable bonds is 5. The van der Waals surface area contributed by atoms with Crippen LogP contribution in [-0.4, -0.2) is 64.2 Å². The van der Waals surface area contributed by atoms with E-state index in [1.54, 1.807) is 24.5 Å². The fraction of sp³-hybridized carbons (Fsp3) is 0.440. The van der Waals surface area contributed by atoms with Crippen LogP contribution in [0.1, 0.15) is 36.0 Å². The highest BCUT2D eigenvalue weighted by atomic mass is 35.5. The van der Waals surface area contributed by atoms with E-state index in [4.69, 9.17) is 16.3 Å². The van der Waals surface area contributed by atoms with Crippen molar-refractivity contribution in [1.82, 2.24) is 15.2 Å². The van der Waals surface area contributed by atoms with Crippen LogP contribution >= 0.6 is 65.6 Å². The molecule has 0 unspecified atom stereocenters. The molecule has 3 heterocycles. The lowest BCUT2D eigenvalue weighted by Gasteiger charge is -2.30. The number of fused-ring (bicyclic) bond motifs is 1. The van der Waals surface area contributed by atoms with Crippen LogP contribution in [-0.2, 0) is 14.3 Å². The molecule has 0 radical (unpaired) electrons. The summed E-state index contributed by atoms with van der Waals surface area (Å²) in [6, 6.07) is 9.71. The normalized spacial score (nSPS) is 23.0. The van der Waals surface area contributed by atoms with Crippen molar-refractivity contribution in [2.24, 2.45) is 5.92 Å². The predicted molar refractivity (Wildman–Crippen MR) is 164 cm³/mol. The van der Waals surface area contributed by atoms with Gasteiger partial charge in [0, 0.05) is 30.1 Å². The SMILES string of the molecule is O=C(N[C@H](C(=O)N1C[C@H](Cl)[C@H]2OCC(=O)[C@H]21)C1CCCC1)c1cccc(-c2cccnc2)c1.S.S.S.S. The zero-order valence-electron chi connectivity index (χ0n) is 20.2. The lowest BCUT2D eigenvalue weighted by molar-refractivity contribution is -0.139. The first-order valence-electron chi connectivity index (χ1n) is 11.4. The lowest BCUT2D eigenvalue weighted by Crippen LogP contribution is -2.54. The quantitative estimate of drug-likeness (QED) is 0.530. The van der Waals surface area contributed by atoms with Gasteiger partial charge < -0.3 is 15.0 Å². The maximum Gasteiger partial charge on any atom is 0.251 e. The predicted octanol–water partition coefficient (Wildman–Crippen LogP) is 3.27. The number of carbonyl (C=O) groups excluding carboxylic acids is 3. The zero-order chi connectivity index (χ0) is 22.9. The number of hydrogen-bond donors (Lipinski definition) is 1. The first-order valence-corrected chi connectivity index (χ1v) is 11.9. The average molecular weight is 604 g/mol. The van der Waals surface area contributed by atoms with Crippen LogP contribution in [0.25, 0.3) is 11.1 Å². The van der Waals surface area contributed by atoms with Gasteiger partial charge in [0.05, 0.1) is 5.38 Å². The number of halogens is 1. The number of ether oxygens (including phenoxy) is 1. The summed E-state index contributed by atoms with van der Waals surface area (Å²) in [6.45, 7) is 0.223. The van der Waals surface area contributed by atoms with Crippen LogP contribution in [0.15, 0.2) is 48.8 Å². The average Bonchev–Trinajstić information content (AvgIpc) is 3.58. The van der Waals surface area contributed by atoms with Gasteiger partial charge in [0.25, 0.3) is 5.91 Å². The molecule has 0 spiro atoms. The number of amides is 2. The minimum Gasteiger partial charge on any atom is -0.366 e. The number of benzene rings is 1. The maximum atomic E-state index is 13.7. The number of alkyl halides is 1. The number of nitrogens with zero attached hydrogens (tertiary/aromatic N) is 2. The number of nitrogens with one attached hydrogen (secondary N) is 1. The van der Waals surface area contributed by atoms with E-state index in [0.29, 0.717) is 5.56 Å². The van der Waals surface area contributed by atoms with Gasteiger partial charge in [-0.2, -0.15) is 54.0 Å². The van der Waals surface area contributed by atoms with Crippen molar-refractivity contribution in [3.8, 4) is 11.1 Å². The summed E-state index contributed by atoms with van der Waals surface area (Å²) in [5, 5.41) is 2.57. The monoisotopic (exact) mass is 603 g/mol. The minimum absolute atomic E-state index is 0. The van der Waals surface area contributed by atoms with E-state index in [-0.39, 0.29) is 90.6 Å². The summed E-state index contributed by atoms with van der Waals surface area (Å²) in [6.07, 6.45) is 6.74.